The van der Waals surface area contributed by atoms with Gasteiger partial charge < -0.3 is 9.64 Å². The van der Waals surface area contributed by atoms with Gasteiger partial charge in [-0.3, -0.25) is 0 Å². The summed E-state index contributed by atoms with van der Waals surface area (Å²) in [4.78, 5) is 14.2. The van der Waals surface area contributed by atoms with E-state index in [0.717, 1.165) is 19.5 Å². The van der Waals surface area contributed by atoms with Crippen LogP contribution < -0.4 is 9.64 Å². The maximum absolute atomic E-state index is 5.82. The van der Waals surface area contributed by atoms with Crippen molar-refractivity contribution in [1.29, 1.82) is 0 Å². The molecule has 0 amide bonds. The summed E-state index contributed by atoms with van der Waals surface area (Å²) >= 11 is 5.82. The zero-order chi connectivity index (χ0) is 12.0. The third-order valence-corrected chi connectivity index (χ3v) is 2.18. The molecule has 1 heterocycles. The molecule has 1 rings (SSSR count). The first-order valence-corrected chi connectivity index (χ1v) is 5.88. The zero-order valence-electron chi connectivity index (χ0n) is 9.90. The molecule has 0 atom stereocenters. The van der Waals surface area contributed by atoms with Crippen LogP contribution in [0.4, 0.5) is 5.95 Å². The van der Waals surface area contributed by atoms with Crippen LogP contribution in [0.5, 0.6) is 6.01 Å². The van der Waals surface area contributed by atoms with Gasteiger partial charge in [0.05, 0.1) is 6.61 Å². The molecule has 0 saturated heterocycles. The minimum Gasteiger partial charge on any atom is -0.464 e. The summed E-state index contributed by atoms with van der Waals surface area (Å²) in [5, 5.41) is 0.169. The van der Waals surface area contributed by atoms with E-state index in [2.05, 4.69) is 21.9 Å². The Hall–Kier alpha value is -1.10. The van der Waals surface area contributed by atoms with Gasteiger partial charge in [-0.15, -0.1) is 0 Å². The summed E-state index contributed by atoms with van der Waals surface area (Å²) in [6, 6.07) is 0.284. The van der Waals surface area contributed by atoms with Crippen molar-refractivity contribution < 1.29 is 4.74 Å². The molecule has 0 saturated carbocycles. The van der Waals surface area contributed by atoms with E-state index in [1.807, 2.05) is 18.7 Å². The summed E-state index contributed by atoms with van der Waals surface area (Å²) < 4.78 is 5.23. The molecule has 0 N–H and O–H groups in total. The van der Waals surface area contributed by atoms with Gasteiger partial charge in [0.2, 0.25) is 11.2 Å². The van der Waals surface area contributed by atoms with Crippen LogP contribution in [-0.4, -0.2) is 34.6 Å². The summed E-state index contributed by atoms with van der Waals surface area (Å²) in [6.45, 7) is 8.27. The Bertz CT molecular complexity index is 335. The number of anilines is 1. The summed E-state index contributed by atoms with van der Waals surface area (Å²) in [7, 11) is 0. The number of nitrogens with zero attached hydrogens (tertiary/aromatic N) is 4. The topological polar surface area (TPSA) is 51.1 Å². The Morgan fingerprint density at radius 1 is 1.19 bits per heavy atom. The van der Waals surface area contributed by atoms with E-state index in [9.17, 15) is 0 Å². The van der Waals surface area contributed by atoms with Gasteiger partial charge in [0, 0.05) is 13.1 Å². The standard InChI is InChI=1S/C10H17ClN4O/c1-4-7-15(5-2)9-12-8(11)13-10(14-9)16-6-3/h4-7H2,1-3H3. The molecule has 0 unspecified atom stereocenters. The SMILES string of the molecule is CCCN(CC)c1nc(Cl)nc(OCC)n1. The second-order valence-electron chi connectivity index (χ2n) is 3.20. The Labute approximate surface area is 101 Å². The van der Waals surface area contributed by atoms with Gasteiger partial charge in [0.15, 0.2) is 0 Å². The number of hydrogen-bond donors (Lipinski definition) is 0. The molecule has 90 valence electrons. The molecule has 1 aromatic rings. The summed E-state index contributed by atoms with van der Waals surface area (Å²) in [6.07, 6.45) is 1.03. The fourth-order valence-electron chi connectivity index (χ4n) is 1.33. The maximum atomic E-state index is 5.82. The van der Waals surface area contributed by atoms with Gasteiger partial charge in [0.1, 0.15) is 0 Å². The van der Waals surface area contributed by atoms with Gasteiger partial charge in [-0.05, 0) is 31.9 Å². The predicted molar refractivity (Wildman–Crippen MR) is 64.2 cm³/mol. The van der Waals surface area contributed by atoms with Crippen LogP contribution in [0.2, 0.25) is 5.28 Å². The fraction of sp³-hybridized carbons (Fsp3) is 0.700. The lowest BCUT2D eigenvalue weighted by molar-refractivity contribution is 0.311. The van der Waals surface area contributed by atoms with Crippen LogP contribution >= 0.6 is 11.6 Å². The number of aromatic nitrogens is 3. The minimum atomic E-state index is 0.169. The minimum absolute atomic E-state index is 0.169. The van der Waals surface area contributed by atoms with Crippen molar-refractivity contribution in [2.24, 2.45) is 0 Å². The van der Waals surface area contributed by atoms with Crippen molar-refractivity contribution in [3.63, 3.8) is 0 Å². The van der Waals surface area contributed by atoms with Crippen molar-refractivity contribution in [3.05, 3.63) is 5.28 Å². The number of rotatable bonds is 6. The molecule has 0 aliphatic rings. The molecule has 1 aromatic heterocycles. The average Bonchev–Trinajstić information content (AvgIpc) is 2.25. The van der Waals surface area contributed by atoms with E-state index < -0.39 is 0 Å². The van der Waals surface area contributed by atoms with Gasteiger partial charge in [-0.2, -0.15) is 15.0 Å². The second kappa shape index (κ2) is 6.48. The van der Waals surface area contributed by atoms with Crippen molar-refractivity contribution in [3.8, 4) is 6.01 Å². The third-order valence-electron chi connectivity index (χ3n) is 2.01. The third kappa shape index (κ3) is 3.48. The fourth-order valence-corrected chi connectivity index (χ4v) is 1.47. The van der Waals surface area contributed by atoms with Gasteiger partial charge >= 0.3 is 6.01 Å². The molecular weight excluding hydrogens is 228 g/mol. The molecule has 0 fully saturated rings. The lowest BCUT2D eigenvalue weighted by atomic mass is 10.4. The van der Waals surface area contributed by atoms with Gasteiger partial charge in [-0.1, -0.05) is 6.92 Å². The molecule has 0 spiro atoms. The highest BCUT2D eigenvalue weighted by molar-refractivity contribution is 6.28. The first-order chi connectivity index (χ1) is 7.71. The largest absolute Gasteiger partial charge is 0.464 e. The molecule has 0 aliphatic heterocycles. The molecular formula is C10H17ClN4O. The highest BCUT2D eigenvalue weighted by atomic mass is 35.5. The number of ether oxygens (including phenoxy) is 1. The Morgan fingerprint density at radius 2 is 1.94 bits per heavy atom. The molecule has 0 bridgehead atoms. The van der Waals surface area contributed by atoms with E-state index in [-0.39, 0.29) is 11.3 Å². The van der Waals surface area contributed by atoms with E-state index in [1.165, 1.54) is 0 Å². The molecule has 6 heteroatoms. The quantitative estimate of drug-likeness (QED) is 0.768. The second-order valence-corrected chi connectivity index (χ2v) is 3.54. The van der Waals surface area contributed by atoms with Crippen molar-refractivity contribution >= 4 is 17.5 Å². The lowest BCUT2D eigenvalue weighted by Crippen LogP contribution is -2.26. The summed E-state index contributed by atoms with van der Waals surface area (Å²) in [5.41, 5.74) is 0. The monoisotopic (exact) mass is 244 g/mol. The summed E-state index contributed by atoms with van der Waals surface area (Å²) in [5.74, 6) is 0.577. The zero-order valence-corrected chi connectivity index (χ0v) is 10.7. The van der Waals surface area contributed by atoms with E-state index in [1.54, 1.807) is 0 Å². The van der Waals surface area contributed by atoms with Crippen LogP contribution in [0, 0.1) is 0 Å². The van der Waals surface area contributed by atoms with Crippen LogP contribution in [0.25, 0.3) is 0 Å². The molecule has 0 radical (unpaired) electrons. The molecule has 5 nitrogen and oxygen atoms in total. The van der Waals surface area contributed by atoms with Gasteiger partial charge in [0.25, 0.3) is 0 Å². The predicted octanol–water partition coefficient (Wildman–Crippen LogP) is 2.16. The smallest absolute Gasteiger partial charge is 0.322 e. The maximum Gasteiger partial charge on any atom is 0.322 e. The normalized spacial score (nSPS) is 10.2. The highest BCUT2D eigenvalue weighted by Gasteiger charge is 2.11. The Morgan fingerprint density at radius 3 is 2.50 bits per heavy atom. The number of halogens is 1. The lowest BCUT2D eigenvalue weighted by Gasteiger charge is -2.19. The first kappa shape index (κ1) is 13.0. The van der Waals surface area contributed by atoms with E-state index in [0.29, 0.717) is 12.6 Å². The molecule has 16 heavy (non-hydrogen) atoms. The van der Waals surface area contributed by atoms with Gasteiger partial charge in [-0.25, -0.2) is 0 Å². The van der Waals surface area contributed by atoms with E-state index >= 15 is 0 Å². The number of hydrogen-bond acceptors (Lipinski definition) is 5. The van der Waals surface area contributed by atoms with Crippen molar-refractivity contribution in [2.75, 3.05) is 24.6 Å². The van der Waals surface area contributed by atoms with Crippen LogP contribution in [0.3, 0.4) is 0 Å². The van der Waals surface area contributed by atoms with Crippen LogP contribution in [0.15, 0.2) is 0 Å². The molecule has 0 aromatic carbocycles. The van der Waals surface area contributed by atoms with Crippen molar-refractivity contribution in [1.82, 2.24) is 15.0 Å². The average molecular weight is 245 g/mol. The Kier molecular flexibility index (Phi) is 5.25. The van der Waals surface area contributed by atoms with Crippen LogP contribution in [0.1, 0.15) is 27.2 Å². The van der Waals surface area contributed by atoms with Crippen molar-refractivity contribution in [2.45, 2.75) is 27.2 Å². The highest BCUT2D eigenvalue weighted by Crippen LogP contribution is 2.15. The first-order valence-electron chi connectivity index (χ1n) is 5.50. The molecule has 0 aliphatic carbocycles. The van der Waals surface area contributed by atoms with E-state index in [4.69, 9.17) is 16.3 Å². The Balaban J connectivity index is 2.92. The van der Waals surface area contributed by atoms with Crippen LogP contribution in [-0.2, 0) is 0 Å².